The van der Waals surface area contributed by atoms with E-state index in [1.807, 2.05) is 0 Å². The molecule has 0 aliphatic rings. The molecular weight excluding hydrogens is 220 g/mol. The number of amides is 1. The Morgan fingerprint density at radius 3 is 2.71 bits per heavy atom. The summed E-state index contributed by atoms with van der Waals surface area (Å²) in [4.78, 5) is 24.2. The fraction of sp³-hybridized carbons (Fsp3) is 0.417. The van der Waals surface area contributed by atoms with Crippen LogP contribution >= 0.6 is 0 Å². The van der Waals surface area contributed by atoms with Crippen LogP contribution < -0.4 is 4.57 Å². The highest BCUT2D eigenvalue weighted by molar-refractivity contribution is 5.93. The molecule has 0 saturated heterocycles. The van der Waals surface area contributed by atoms with Gasteiger partial charge in [-0.1, -0.05) is 6.92 Å². The Morgan fingerprint density at radius 2 is 2.12 bits per heavy atom. The van der Waals surface area contributed by atoms with Crippen LogP contribution in [0.4, 0.5) is 0 Å². The Labute approximate surface area is 101 Å². The van der Waals surface area contributed by atoms with Crippen LogP contribution in [0.1, 0.15) is 23.7 Å². The minimum absolute atomic E-state index is 0.0823. The molecular formula is C12H17N2O3+. The second-order valence-corrected chi connectivity index (χ2v) is 3.81. The molecule has 0 radical (unpaired) electrons. The lowest BCUT2D eigenvalue weighted by Gasteiger charge is -2.08. The number of pyridine rings is 1. The number of esters is 1. The molecule has 0 fully saturated rings. The van der Waals surface area contributed by atoms with Crippen LogP contribution in [-0.2, 0) is 16.3 Å². The molecule has 0 aliphatic heterocycles. The van der Waals surface area contributed by atoms with Gasteiger partial charge >= 0.3 is 5.97 Å². The summed E-state index contributed by atoms with van der Waals surface area (Å²) in [6.45, 7) is 1.86. The zero-order chi connectivity index (χ0) is 12.8. The Kier molecular flexibility index (Phi) is 4.63. The molecule has 1 aromatic heterocycles. The average molecular weight is 237 g/mol. The van der Waals surface area contributed by atoms with Crippen molar-refractivity contribution in [2.24, 2.45) is 0 Å². The lowest BCUT2D eigenvalue weighted by atomic mass is 10.2. The maximum atomic E-state index is 11.7. The summed E-state index contributed by atoms with van der Waals surface area (Å²) in [5, 5.41) is 0. The van der Waals surface area contributed by atoms with Gasteiger partial charge in [-0.15, -0.1) is 0 Å². The van der Waals surface area contributed by atoms with Crippen molar-refractivity contribution in [3.8, 4) is 0 Å². The first kappa shape index (κ1) is 13.2. The SMILES string of the molecule is CCC(=O)OC[n+]1cccc(C(=O)N(C)C)c1. The quantitative estimate of drug-likeness (QED) is 0.569. The van der Waals surface area contributed by atoms with E-state index in [4.69, 9.17) is 4.74 Å². The normalized spacial score (nSPS) is 9.82. The molecule has 0 aliphatic carbocycles. The standard InChI is InChI=1S/C12H17N2O3/c1-4-11(15)17-9-14-7-5-6-10(8-14)12(16)13(2)3/h5-8H,4,9H2,1-3H3/q+1. The molecule has 0 spiro atoms. The monoisotopic (exact) mass is 237 g/mol. The van der Waals surface area contributed by atoms with Gasteiger partial charge in [0.05, 0.1) is 0 Å². The van der Waals surface area contributed by atoms with E-state index in [9.17, 15) is 9.59 Å². The van der Waals surface area contributed by atoms with Gasteiger partial charge in [-0.05, 0) is 6.07 Å². The van der Waals surface area contributed by atoms with Gasteiger partial charge in [0.15, 0.2) is 12.4 Å². The summed E-state index contributed by atoms with van der Waals surface area (Å²) in [6.07, 6.45) is 3.75. The maximum absolute atomic E-state index is 11.7. The number of ether oxygens (including phenoxy) is 1. The molecule has 5 nitrogen and oxygen atoms in total. The maximum Gasteiger partial charge on any atom is 0.310 e. The molecule has 17 heavy (non-hydrogen) atoms. The van der Waals surface area contributed by atoms with E-state index >= 15 is 0 Å². The second-order valence-electron chi connectivity index (χ2n) is 3.81. The summed E-state index contributed by atoms with van der Waals surface area (Å²) >= 11 is 0. The third-order valence-corrected chi connectivity index (χ3v) is 2.17. The highest BCUT2D eigenvalue weighted by Gasteiger charge is 2.12. The molecule has 1 rings (SSSR count). The molecule has 0 N–H and O–H groups in total. The molecule has 92 valence electrons. The van der Waals surface area contributed by atoms with Crippen LogP contribution in [0.3, 0.4) is 0 Å². The van der Waals surface area contributed by atoms with Crippen molar-refractivity contribution in [3.63, 3.8) is 0 Å². The van der Waals surface area contributed by atoms with Crippen molar-refractivity contribution >= 4 is 11.9 Å². The number of rotatable bonds is 4. The van der Waals surface area contributed by atoms with E-state index in [1.165, 1.54) is 4.90 Å². The van der Waals surface area contributed by atoms with E-state index < -0.39 is 0 Å². The van der Waals surface area contributed by atoms with Gasteiger partial charge in [-0.2, -0.15) is 4.57 Å². The smallest absolute Gasteiger partial charge is 0.310 e. The van der Waals surface area contributed by atoms with Crippen molar-refractivity contribution in [2.75, 3.05) is 14.1 Å². The molecule has 1 heterocycles. The number of carbonyl (C=O) groups excluding carboxylic acids is 2. The van der Waals surface area contributed by atoms with Crippen LogP contribution in [0.15, 0.2) is 24.5 Å². The minimum Gasteiger partial charge on any atom is -0.405 e. The zero-order valence-electron chi connectivity index (χ0n) is 10.3. The molecule has 0 unspecified atom stereocenters. The summed E-state index contributed by atoms with van der Waals surface area (Å²) in [6, 6.07) is 3.47. The zero-order valence-corrected chi connectivity index (χ0v) is 10.3. The lowest BCUT2D eigenvalue weighted by Crippen LogP contribution is -2.37. The van der Waals surface area contributed by atoms with Gasteiger partial charge in [-0.3, -0.25) is 9.59 Å². The summed E-state index contributed by atoms with van der Waals surface area (Å²) < 4.78 is 6.63. The van der Waals surface area contributed by atoms with E-state index in [0.29, 0.717) is 12.0 Å². The average Bonchev–Trinajstić information content (AvgIpc) is 2.35. The van der Waals surface area contributed by atoms with E-state index in [1.54, 1.807) is 50.1 Å². The van der Waals surface area contributed by atoms with Crippen molar-refractivity contribution in [3.05, 3.63) is 30.1 Å². The van der Waals surface area contributed by atoms with Crippen LogP contribution in [0.5, 0.6) is 0 Å². The van der Waals surface area contributed by atoms with Crippen molar-refractivity contribution < 1.29 is 18.9 Å². The first-order valence-corrected chi connectivity index (χ1v) is 5.41. The first-order valence-electron chi connectivity index (χ1n) is 5.41. The van der Waals surface area contributed by atoms with Crippen LogP contribution in [0.25, 0.3) is 0 Å². The topological polar surface area (TPSA) is 50.5 Å². The molecule has 0 saturated carbocycles. The number of hydrogen-bond donors (Lipinski definition) is 0. The molecule has 1 amide bonds. The lowest BCUT2D eigenvalue weighted by molar-refractivity contribution is -0.727. The molecule has 5 heteroatoms. The van der Waals surface area contributed by atoms with Crippen molar-refractivity contribution in [2.45, 2.75) is 20.1 Å². The van der Waals surface area contributed by atoms with Crippen molar-refractivity contribution in [1.82, 2.24) is 4.90 Å². The Balaban J connectivity index is 2.72. The molecule has 0 atom stereocenters. The minimum atomic E-state index is -0.262. The second kappa shape index (κ2) is 5.98. The van der Waals surface area contributed by atoms with Gasteiger partial charge < -0.3 is 9.64 Å². The number of carbonyl (C=O) groups is 2. The van der Waals surface area contributed by atoms with Gasteiger partial charge in [0.25, 0.3) is 12.6 Å². The van der Waals surface area contributed by atoms with Crippen LogP contribution in [0.2, 0.25) is 0 Å². The van der Waals surface area contributed by atoms with Gasteiger partial charge in [0, 0.05) is 26.6 Å². The highest BCUT2D eigenvalue weighted by Crippen LogP contribution is 1.98. The Hall–Kier alpha value is -1.91. The van der Waals surface area contributed by atoms with Crippen LogP contribution in [-0.4, -0.2) is 30.9 Å². The number of hydrogen-bond acceptors (Lipinski definition) is 3. The predicted molar refractivity (Wildman–Crippen MR) is 61.0 cm³/mol. The third-order valence-electron chi connectivity index (χ3n) is 2.17. The summed E-state index contributed by atoms with van der Waals surface area (Å²) in [5.74, 6) is -0.344. The van der Waals surface area contributed by atoms with Crippen molar-refractivity contribution in [1.29, 1.82) is 0 Å². The van der Waals surface area contributed by atoms with Gasteiger partial charge in [0.1, 0.15) is 5.56 Å². The fourth-order valence-electron chi connectivity index (χ4n) is 1.24. The predicted octanol–water partition coefficient (Wildman–Crippen LogP) is 0.587. The van der Waals surface area contributed by atoms with Crippen LogP contribution in [0, 0.1) is 0 Å². The first-order chi connectivity index (χ1) is 8.04. The van der Waals surface area contributed by atoms with E-state index in [2.05, 4.69) is 0 Å². The number of nitrogens with zero attached hydrogens (tertiary/aromatic N) is 2. The Bertz CT molecular complexity index is 416. The van der Waals surface area contributed by atoms with E-state index in [0.717, 1.165) is 0 Å². The molecule has 1 aromatic rings. The fourth-order valence-corrected chi connectivity index (χ4v) is 1.24. The summed E-state index contributed by atoms with van der Waals surface area (Å²) in [7, 11) is 3.38. The largest absolute Gasteiger partial charge is 0.405 e. The van der Waals surface area contributed by atoms with E-state index in [-0.39, 0.29) is 18.6 Å². The number of aromatic nitrogens is 1. The van der Waals surface area contributed by atoms with Gasteiger partial charge in [0.2, 0.25) is 0 Å². The van der Waals surface area contributed by atoms with Gasteiger partial charge in [-0.25, -0.2) is 0 Å². The molecule has 0 aromatic carbocycles. The summed E-state index contributed by atoms with van der Waals surface area (Å²) in [5.41, 5.74) is 0.560. The third kappa shape index (κ3) is 3.86. The Morgan fingerprint density at radius 1 is 1.41 bits per heavy atom. The molecule has 0 bridgehead atoms. The highest BCUT2D eigenvalue weighted by atomic mass is 16.5.